The van der Waals surface area contributed by atoms with E-state index in [1.165, 1.54) is 0 Å². The fourth-order valence-electron chi connectivity index (χ4n) is 2.14. The fourth-order valence-corrected chi connectivity index (χ4v) is 2.38. The highest BCUT2D eigenvalue weighted by Gasteiger charge is 2.41. The summed E-state index contributed by atoms with van der Waals surface area (Å²) >= 11 is 5.01. The second-order valence-corrected chi connectivity index (χ2v) is 4.44. The van der Waals surface area contributed by atoms with Crippen LogP contribution in [0.15, 0.2) is 0 Å². The molecule has 0 aliphatic heterocycles. The molecule has 2 nitrogen and oxygen atoms in total. The van der Waals surface area contributed by atoms with Crippen molar-refractivity contribution >= 4 is 11.6 Å². The predicted octanol–water partition coefficient (Wildman–Crippen LogP) is 2.62. The summed E-state index contributed by atoms with van der Waals surface area (Å²) in [6.45, 7) is 0. The summed E-state index contributed by atoms with van der Waals surface area (Å²) < 4.78 is 25.9. The molecule has 3 N–H and O–H groups in total. The standard InChI is InChI=1S/C9H17ClF2N2/c10-9(11,12)8(14-13)7-5-3-1-2-4-6-7/h7-8,14H,1-6,13H2. The number of hydrogen-bond donors (Lipinski definition) is 2. The van der Waals surface area contributed by atoms with Gasteiger partial charge in [-0.15, -0.1) is 0 Å². The Morgan fingerprint density at radius 2 is 1.71 bits per heavy atom. The number of rotatable bonds is 3. The molecule has 14 heavy (non-hydrogen) atoms. The Balaban J connectivity index is 2.58. The smallest absolute Gasteiger partial charge is 0.271 e. The van der Waals surface area contributed by atoms with Gasteiger partial charge in [0.2, 0.25) is 0 Å². The van der Waals surface area contributed by atoms with Crippen molar-refractivity contribution in [2.75, 3.05) is 0 Å². The van der Waals surface area contributed by atoms with Crippen LogP contribution >= 0.6 is 11.6 Å². The number of nitrogens with two attached hydrogens (primary N) is 1. The van der Waals surface area contributed by atoms with E-state index in [0.29, 0.717) is 0 Å². The molecule has 84 valence electrons. The minimum absolute atomic E-state index is 0.102. The number of hydrogen-bond acceptors (Lipinski definition) is 2. The van der Waals surface area contributed by atoms with Crippen molar-refractivity contribution in [2.45, 2.75) is 49.9 Å². The number of hydrazine groups is 1. The Labute approximate surface area is 88.1 Å². The summed E-state index contributed by atoms with van der Waals surface area (Å²) in [5.74, 6) is 5.02. The molecule has 0 bridgehead atoms. The second kappa shape index (κ2) is 5.24. The molecule has 0 aromatic heterocycles. The zero-order chi connectivity index (χ0) is 10.6. The molecule has 5 heteroatoms. The van der Waals surface area contributed by atoms with E-state index in [9.17, 15) is 8.78 Å². The van der Waals surface area contributed by atoms with Gasteiger partial charge in [-0.1, -0.05) is 25.7 Å². The highest BCUT2D eigenvalue weighted by molar-refractivity contribution is 6.22. The maximum absolute atomic E-state index is 12.9. The first kappa shape index (κ1) is 12.1. The molecule has 0 radical (unpaired) electrons. The van der Waals surface area contributed by atoms with Gasteiger partial charge < -0.3 is 0 Å². The van der Waals surface area contributed by atoms with Gasteiger partial charge in [0.05, 0.1) is 0 Å². The molecule has 1 aliphatic carbocycles. The summed E-state index contributed by atoms with van der Waals surface area (Å²) in [7, 11) is 0. The van der Waals surface area contributed by atoms with Crippen LogP contribution in [-0.2, 0) is 0 Å². The Morgan fingerprint density at radius 1 is 1.21 bits per heavy atom. The lowest BCUT2D eigenvalue weighted by Gasteiger charge is -2.28. The monoisotopic (exact) mass is 226 g/mol. The minimum atomic E-state index is -3.25. The van der Waals surface area contributed by atoms with Gasteiger partial charge in [-0.25, -0.2) is 5.43 Å². The lowest BCUT2D eigenvalue weighted by molar-refractivity contribution is 0.0212. The van der Waals surface area contributed by atoms with Crippen LogP contribution in [0.4, 0.5) is 8.78 Å². The van der Waals surface area contributed by atoms with E-state index in [2.05, 4.69) is 5.43 Å². The molecule has 0 spiro atoms. The Kier molecular flexibility index (Phi) is 4.54. The van der Waals surface area contributed by atoms with Gasteiger partial charge in [0.25, 0.3) is 0 Å². The van der Waals surface area contributed by atoms with Gasteiger partial charge in [-0.2, -0.15) is 8.78 Å². The highest BCUT2D eigenvalue weighted by atomic mass is 35.5. The molecule has 0 aromatic rings. The van der Waals surface area contributed by atoms with Crippen molar-refractivity contribution in [3.8, 4) is 0 Å². The zero-order valence-electron chi connectivity index (χ0n) is 8.11. The van der Waals surface area contributed by atoms with Crippen LogP contribution in [0.5, 0.6) is 0 Å². The number of alkyl halides is 3. The third kappa shape index (κ3) is 3.33. The van der Waals surface area contributed by atoms with Gasteiger partial charge in [0.15, 0.2) is 0 Å². The van der Waals surface area contributed by atoms with Crippen molar-refractivity contribution in [2.24, 2.45) is 11.8 Å². The van der Waals surface area contributed by atoms with Gasteiger partial charge in [0, 0.05) is 0 Å². The van der Waals surface area contributed by atoms with Crippen molar-refractivity contribution in [3.05, 3.63) is 0 Å². The molecule has 1 atom stereocenters. The van der Waals surface area contributed by atoms with Gasteiger partial charge >= 0.3 is 5.38 Å². The number of halogens is 3. The van der Waals surface area contributed by atoms with E-state index < -0.39 is 11.4 Å². The van der Waals surface area contributed by atoms with Crippen LogP contribution in [0, 0.1) is 5.92 Å². The molecule has 0 saturated heterocycles. The normalized spacial score (nSPS) is 23.1. The van der Waals surface area contributed by atoms with E-state index in [1.807, 2.05) is 0 Å². The van der Waals surface area contributed by atoms with Gasteiger partial charge in [-0.3, -0.25) is 5.84 Å². The van der Waals surface area contributed by atoms with Gasteiger partial charge in [-0.05, 0) is 30.4 Å². The lowest BCUT2D eigenvalue weighted by atomic mass is 9.92. The summed E-state index contributed by atoms with van der Waals surface area (Å²) in [6.07, 6.45) is 5.82. The second-order valence-electron chi connectivity index (χ2n) is 3.94. The quantitative estimate of drug-likeness (QED) is 0.336. The van der Waals surface area contributed by atoms with Crippen LogP contribution < -0.4 is 11.3 Å². The third-order valence-corrected chi connectivity index (χ3v) is 3.14. The average molecular weight is 227 g/mol. The van der Waals surface area contributed by atoms with Crippen molar-refractivity contribution in [1.82, 2.24) is 5.43 Å². The maximum atomic E-state index is 12.9. The van der Waals surface area contributed by atoms with E-state index >= 15 is 0 Å². The molecule has 0 amide bonds. The fraction of sp³-hybridized carbons (Fsp3) is 1.00. The lowest BCUT2D eigenvalue weighted by Crippen LogP contribution is -2.50. The SMILES string of the molecule is NNC(C1CCCCCC1)C(F)(F)Cl. The topological polar surface area (TPSA) is 38.0 Å². The molecule has 0 heterocycles. The minimum Gasteiger partial charge on any atom is -0.271 e. The molecule has 1 saturated carbocycles. The number of nitrogens with one attached hydrogen (secondary N) is 1. The first-order valence-electron chi connectivity index (χ1n) is 5.08. The molecular weight excluding hydrogens is 210 g/mol. The Hall–Kier alpha value is 0.0700. The summed E-state index contributed by atoms with van der Waals surface area (Å²) in [5, 5.41) is -3.25. The first-order chi connectivity index (χ1) is 6.55. The van der Waals surface area contributed by atoms with Crippen molar-refractivity contribution in [3.63, 3.8) is 0 Å². The largest absolute Gasteiger partial charge is 0.338 e. The molecule has 1 fully saturated rings. The zero-order valence-corrected chi connectivity index (χ0v) is 8.86. The van der Waals surface area contributed by atoms with Crippen LogP contribution in [0.25, 0.3) is 0 Å². The average Bonchev–Trinajstić information content (AvgIpc) is 2.31. The van der Waals surface area contributed by atoms with E-state index in [0.717, 1.165) is 38.5 Å². The molecule has 1 aliphatic rings. The third-order valence-electron chi connectivity index (χ3n) is 2.90. The summed E-state index contributed by atoms with van der Waals surface area (Å²) in [5.41, 5.74) is 2.16. The first-order valence-corrected chi connectivity index (χ1v) is 5.46. The summed E-state index contributed by atoms with van der Waals surface area (Å²) in [4.78, 5) is 0. The van der Waals surface area contributed by atoms with Gasteiger partial charge in [0.1, 0.15) is 6.04 Å². The molecule has 1 rings (SSSR count). The molecule has 1 unspecified atom stereocenters. The Bertz CT molecular complexity index is 165. The van der Waals surface area contributed by atoms with Crippen LogP contribution in [-0.4, -0.2) is 11.4 Å². The molecular formula is C9H17ClF2N2. The van der Waals surface area contributed by atoms with Crippen molar-refractivity contribution < 1.29 is 8.78 Å². The van der Waals surface area contributed by atoms with E-state index in [4.69, 9.17) is 17.4 Å². The van der Waals surface area contributed by atoms with E-state index in [-0.39, 0.29) is 5.92 Å². The highest BCUT2D eigenvalue weighted by Crippen LogP contribution is 2.34. The molecule has 0 aromatic carbocycles. The van der Waals surface area contributed by atoms with Crippen LogP contribution in [0.3, 0.4) is 0 Å². The summed E-state index contributed by atoms with van der Waals surface area (Å²) in [6, 6.07) is -1.10. The predicted molar refractivity (Wildman–Crippen MR) is 53.1 cm³/mol. The Morgan fingerprint density at radius 3 is 2.07 bits per heavy atom. The van der Waals surface area contributed by atoms with Crippen LogP contribution in [0.2, 0.25) is 0 Å². The van der Waals surface area contributed by atoms with Crippen LogP contribution in [0.1, 0.15) is 38.5 Å². The maximum Gasteiger partial charge on any atom is 0.338 e. The van der Waals surface area contributed by atoms with E-state index in [1.54, 1.807) is 0 Å². The van der Waals surface area contributed by atoms with Crippen molar-refractivity contribution in [1.29, 1.82) is 0 Å².